The van der Waals surface area contributed by atoms with E-state index in [4.69, 9.17) is 22.0 Å². The summed E-state index contributed by atoms with van der Waals surface area (Å²) in [7, 11) is -2.28. The van der Waals surface area contributed by atoms with Crippen LogP contribution in [0.1, 0.15) is 116 Å². The van der Waals surface area contributed by atoms with E-state index in [9.17, 15) is 0 Å². The van der Waals surface area contributed by atoms with Crippen molar-refractivity contribution in [1.29, 1.82) is 0 Å². The molecule has 0 radical (unpaired) electrons. The molecule has 0 aliphatic heterocycles. The van der Waals surface area contributed by atoms with Crippen LogP contribution < -0.4 is 13.6 Å². The summed E-state index contributed by atoms with van der Waals surface area (Å²) in [6.07, 6.45) is 0. The molecule has 6 aromatic carbocycles. The molecule has 7 heteroatoms. The molecule has 5 nitrogen and oxygen atoms in total. The third-order valence-corrected chi connectivity index (χ3v) is 12.8. The first kappa shape index (κ1) is 42.4. The fourth-order valence-corrected chi connectivity index (χ4v) is 9.91. The van der Waals surface area contributed by atoms with Crippen LogP contribution in [0.15, 0.2) is 112 Å². The van der Waals surface area contributed by atoms with Crippen LogP contribution in [0.2, 0.25) is 0 Å². The van der Waals surface area contributed by atoms with Gasteiger partial charge in [0.05, 0.1) is 0 Å². The van der Waals surface area contributed by atoms with Crippen LogP contribution in [-0.2, 0) is 21.7 Å². The average molecular weight is 827 g/mol. The molecule has 0 spiro atoms. The second-order valence-corrected chi connectivity index (χ2v) is 21.4. The van der Waals surface area contributed by atoms with Crippen molar-refractivity contribution < 1.29 is 22.0 Å². The zero-order chi connectivity index (χ0) is 42.7. The topological polar surface area (TPSA) is 54.0 Å². The molecule has 0 N–H and O–H groups in total. The minimum absolute atomic E-state index is 0.173. The molecule has 59 heavy (non-hydrogen) atoms. The normalized spacial score (nSPS) is 12.8. The smallest absolute Gasteiger partial charge is 0.440 e. The van der Waals surface area contributed by atoms with Gasteiger partial charge in [-0.25, -0.2) is 0 Å². The highest BCUT2D eigenvalue weighted by Crippen LogP contribution is 2.55. The molecule has 0 fully saturated rings. The van der Waals surface area contributed by atoms with Gasteiger partial charge >= 0.3 is 8.24 Å². The molecule has 0 saturated carbocycles. The summed E-state index contributed by atoms with van der Waals surface area (Å²) < 4.78 is 34.6. The fourth-order valence-electron chi connectivity index (χ4n) is 8.21. The van der Waals surface area contributed by atoms with Crippen molar-refractivity contribution in [3.8, 4) is 28.4 Å². The standard InChI is InChI=1S/C52H60O5P2/c1-32-38(49(3,4)5)30-40(51(9,10)11)47(54-58-53-42-29-21-23-34-22-15-16-24-35(34)42)45(32)46-33(2)39(50(6,7)8)31-41(52(12,13)14)48(46)57-59-55-43-27-19-17-25-36(43)37-26-18-20-28-44(37)56-59/h15-31,58H,1-14H3. The lowest BCUT2D eigenvalue weighted by molar-refractivity contribution is 0.474. The van der Waals surface area contributed by atoms with E-state index >= 15 is 0 Å². The second-order valence-electron chi connectivity index (χ2n) is 19.9. The Morgan fingerprint density at radius 2 is 0.881 bits per heavy atom. The number of benzene rings is 6. The van der Waals surface area contributed by atoms with Gasteiger partial charge in [-0.15, -0.1) is 0 Å². The predicted molar refractivity (Wildman–Crippen MR) is 252 cm³/mol. The number of para-hydroxylation sites is 2. The maximum Gasteiger partial charge on any atom is 0.453 e. The van der Waals surface area contributed by atoms with Crippen molar-refractivity contribution in [1.82, 2.24) is 0 Å². The highest BCUT2D eigenvalue weighted by atomic mass is 31.1. The highest BCUT2D eigenvalue weighted by Gasteiger charge is 2.36. The maximum atomic E-state index is 7.36. The summed E-state index contributed by atoms with van der Waals surface area (Å²) in [5.74, 6) is 2.33. The first-order valence-corrected chi connectivity index (χ1v) is 22.5. The van der Waals surface area contributed by atoms with E-state index in [2.05, 4.69) is 145 Å². The van der Waals surface area contributed by atoms with Crippen LogP contribution in [-0.4, -0.2) is 0 Å². The molecule has 0 bridgehead atoms. The van der Waals surface area contributed by atoms with E-state index in [1.807, 2.05) is 54.6 Å². The van der Waals surface area contributed by atoms with Gasteiger partial charge in [-0.3, -0.25) is 0 Å². The number of rotatable bonds is 7. The maximum absolute atomic E-state index is 7.36. The number of hydrogen-bond donors (Lipinski definition) is 0. The molecular weight excluding hydrogens is 767 g/mol. The molecule has 0 aliphatic rings. The lowest BCUT2D eigenvalue weighted by atomic mass is 9.72. The Balaban J connectivity index is 1.57. The van der Waals surface area contributed by atoms with Crippen molar-refractivity contribution in [3.63, 3.8) is 0 Å². The Bertz CT molecular complexity index is 2670. The SMILES string of the molecule is Cc1c(C(C)(C)C)cc(C(C)(C)C)c(OPOc2cccc3ccccc23)c1-c1c(C)c(C(C)(C)C)cc(C(C)(C)C)c1Op1oc2ccccc2c2ccccc2o1. The van der Waals surface area contributed by atoms with Gasteiger partial charge in [-0.2, -0.15) is 0 Å². The van der Waals surface area contributed by atoms with Crippen molar-refractivity contribution in [2.75, 3.05) is 0 Å². The first-order chi connectivity index (χ1) is 27.6. The molecule has 0 saturated heterocycles. The number of hydrogen-bond acceptors (Lipinski definition) is 5. The third kappa shape index (κ3) is 8.52. The van der Waals surface area contributed by atoms with Crippen molar-refractivity contribution in [2.45, 2.75) is 119 Å². The van der Waals surface area contributed by atoms with Gasteiger partial charge < -0.3 is 22.0 Å². The Morgan fingerprint density at radius 1 is 0.458 bits per heavy atom. The fraction of sp³-hybridized carbons (Fsp3) is 0.346. The van der Waals surface area contributed by atoms with Crippen LogP contribution in [0, 0.1) is 13.8 Å². The first-order valence-electron chi connectivity index (χ1n) is 20.6. The van der Waals surface area contributed by atoms with E-state index in [0.717, 1.165) is 83.3 Å². The Kier molecular flexibility index (Phi) is 11.3. The van der Waals surface area contributed by atoms with Gasteiger partial charge in [0, 0.05) is 38.4 Å². The van der Waals surface area contributed by atoms with E-state index in [-0.39, 0.29) is 30.7 Å². The van der Waals surface area contributed by atoms with E-state index in [1.165, 1.54) is 11.1 Å². The third-order valence-electron chi connectivity index (χ3n) is 11.2. The molecule has 1 heterocycles. The van der Waals surface area contributed by atoms with Gasteiger partial charge in [0.1, 0.15) is 28.4 Å². The lowest BCUT2D eigenvalue weighted by Crippen LogP contribution is -2.22. The van der Waals surface area contributed by atoms with Crippen molar-refractivity contribution in [3.05, 3.63) is 137 Å². The van der Waals surface area contributed by atoms with Crippen LogP contribution in [0.25, 0.3) is 43.8 Å². The molecule has 1 aromatic heterocycles. The van der Waals surface area contributed by atoms with Crippen LogP contribution in [0.4, 0.5) is 0 Å². The summed E-state index contributed by atoms with van der Waals surface area (Å²) in [6.45, 7) is 31.8. The Labute approximate surface area is 354 Å². The molecular formula is C52H60O5P2. The molecule has 7 aromatic rings. The predicted octanol–water partition coefficient (Wildman–Crippen LogP) is 16.7. The van der Waals surface area contributed by atoms with Crippen LogP contribution in [0.3, 0.4) is 0 Å². The second kappa shape index (κ2) is 15.7. The molecule has 1 atom stereocenters. The van der Waals surface area contributed by atoms with Gasteiger partial charge in [-0.1, -0.05) is 168 Å². The van der Waals surface area contributed by atoms with Crippen LogP contribution >= 0.6 is 17.3 Å². The summed E-state index contributed by atoms with van der Waals surface area (Å²) in [6, 6.07) is 35.4. The summed E-state index contributed by atoms with van der Waals surface area (Å²) in [5.41, 5.74) is 9.43. The minimum atomic E-state index is -1.97. The van der Waals surface area contributed by atoms with E-state index < -0.39 is 8.24 Å². The van der Waals surface area contributed by atoms with Gasteiger partial charge in [0.25, 0.3) is 9.03 Å². The summed E-state index contributed by atoms with van der Waals surface area (Å²) >= 11 is 0. The molecule has 7 rings (SSSR count). The zero-order valence-corrected chi connectivity index (χ0v) is 39.2. The molecule has 308 valence electrons. The summed E-state index contributed by atoms with van der Waals surface area (Å²) in [4.78, 5) is 0. The van der Waals surface area contributed by atoms with Crippen molar-refractivity contribution >= 4 is 50.0 Å². The Morgan fingerprint density at radius 3 is 1.39 bits per heavy atom. The quantitative estimate of drug-likeness (QED) is 0.150. The van der Waals surface area contributed by atoms with Gasteiger partial charge in [-0.05, 0) is 81.3 Å². The van der Waals surface area contributed by atoms with Gasteiger partial charge in [0.2, 0.25) is 0 Å². The number of fused-ring (bicyclic) bond motifs is 4. The minimum Gasteiger partial charge on any atom is -0.440 e. The highest BCUT2D eigenvalue weighted by molar-refractivity contribution is 7.32. The van der Waals surface area contributed by atoms with E-state index in [1.54, 1.807) is 0 Å². The van der Waals surface area contributed by atoms with Crippen molar-refractivity contribution in [2.24, 2.45) is 0 Å². The zero-order valence-electron chi connectivity index (χ0n) is 37.3. The molecule has 1 unspecified atom stereocenters. The lowest BCUT2D eigenvalue weighted by Gasteiger charge is -2.35. The summed E-state index contributed by atoms with van der Waals surface area (Å²) in [5, 5.41) is 4.12. The Hall–Kier alpha value is -4.69. The van der Waals surface area contributed by atoms with Gasteiger partial charge in [0.15, 0.2) is 0 Å². The van der Waals surface area contributed by atoms with E-state index in [0.29, 0.717) is 0 Å². The molecule has 0 amide bonds. The largest absolute Gasteiger partial charge is 0.453 e. The monoisotopic (exact) mass is 826 g/mol. The van der Waals surface area contributed by atoms with Crippen LogP contribution in [0.5, 0.6) is 17.2 Å². The average Bonchev–Trinajstić information content (AvgIpc) is 3.30. The molecule has 0 aliphatic carbocycles.